The minimum Gasteiger partial charge on any atom is -0.462 e. The summed E-state index contributed by atoms with van der Waals surface area (Å²) >= 11 is 0. The molecule has 2 aromatic carbocycles. The Kier molecular flexibility index (Phi) is 6.01. The number of esters is 1. The van der Waals surface area contributed by atoms with Gasteiger partial charge in [-0.3, -0.25) is 4.79 Å². The third-order valence-electron chi connectivity index (χ3n) is 4.64. The number of hydrogen-bond acceptors (Lipinski definition) is 3. The Bertz CT molecular complexity index is 817. The van der Waals surface area contributed by atoms with Gasteiger partial charge in [-0.05, 0) is 36.2 Å². The Labute approximate surface area is 158 Å². The second-order valence-corrected chi connectivity index (χ2v) is 6.72. The summed E-state index contributed by atoms with van der Waals surface area (Å²) in [5.41, 5.74) is 2.27. The molecule has 0 radical (unpaired) electrons. The molecule has 5 heteroatoms. The molecule has 1 aliphatic rings. The highest BCUT2D eigenvalue weighted by Gasteiger charge is 2.30. The van der Waals surface area contributed by atoms with Crippen LogP contribution in [0.4, 0.5) is 4.39 Å². The lowest BCUT2D eigenvalue weighted by Crippen LogP contribution is -2.37. The Balaban J connectivity index is 1.54. The summed E-state index contributed by atoms with van der Waals surface area (Å²) < 4.78 is 18.4. The van der Waals surface area contributed by atoms with E-state index in [2.05, 4.69) is 6.58 Å². The van der Waals surface area contributed by atoms with Gasteiger partial charge in [0.2, 0.25) is 5.91 Å². The highest BCUT2D eigenvalue weighted by Crippen LogP contribution is 2.25. The Morgan fingerprint density at radius 2 is 1.81 bits per heavy atom. The molecule has 140 valence electrons. The molecule has 1 amide bonds. The summed E-state index contributed by atoms with van der Waals surface area (Å²) in [4.78, 5) is 26.5. The molecule has 0 N–H and O–H groups in total. The van der Waals surface area contributed by atoms with Crippen LogP contribution in [0.2, 0.25) is 0 Å². The number of amides is 1. The van der Waals surface area contributed by atoms with Crippen molar-refractivity contribution in [3.8, 4) is 0 Å². The van der Waals surface area contributed by atoms with E-state index in [0.29, 0.717) is 24.9 Å². The molecule has 27 heavy (non-hydrogen) atoms. The van der Waals surface area contributed by atoms with Crippen LogP contribution in [0.25, 0.3) is 0 Å². The number of benzene rings is 2. The normalized spacial score (nSPS) is 16.4. The molecule has 1 saturated heterocycles. The summed E-state index contributed by atoms with van der Waals surface area (Å²) in [6.07, 6.45) is 1.48. The number of nitrogens with zero attached hydrogens (tertiary/aromatic N) is 1. The average Bonchev–Trinajstić information content (AvgIpc) is 3.05. The van der Waals surface area contributed by atoms with E-state index in [9.17, 15) is 14.0 Å². The van der Waals surface area contributed by atoms with Crippen molar-refractivity contribution in [3.05, 3.63) is 83.7 Å². The molecule has 1 heterocycles. The van der Waals surface area contributed by atoms with Gasteiger partial charge < -0.3 is 9.64 Å². The first-order chi connectivity index (χ1) is 13.0. The lowest BCUT2D eigenvalue weighted by atomic mass is 10.1. The van der Waals surface area contributed by atoms with Crippen molar-refractivity contribution in [3.63, 3.8) is 0 Å². The molecule has 0 saturated carbocycles. The second kappa shape index (κ2) is 8.62. The van der Waals surface area contributed by atoms with Crippen LogP contribution in [0.15, 0.2) is 66.7 Å². The minimum atomic E-state index is -0.364. The van der Waals surface area contributed by atoms with Crippen LogP contribution in [0.5, 0.6) is 0 Å². The monoisotopic (exact) mass is 367 g/mol. The molecule has 0 spiro atoms. The van der Waals surface area contributed by atoms with Crippen LogP contribution >= 0.6 is 0 Å². The topological polar surface area (TPSA) is 46.6 Å². The van der Waals surface area contributed by atoms with Gasteiger partial charge in [0.15, 0.2) is 0 Å². The third-order valence-corrected chi connectivity index (χ3v) is 4.64. The number of halogens is 1. The quantitative estimate of drug-likeness (QED) is 0.577. The van der Waals surface area contributed by atoms with Crippen LogP contribution < -0.4 is 0 Å². The van der Waals surface area contributed by atoms with Gasteiger partial charge in [-0.15, -0.1) is 0 Å². The molecule has 1 aliphatic heterocycles. The van der Waals surface area contributed by atoms with E-state index in [1.54, 1.807) is 41.3 Å². The van der Waals surface area contributed by atoms with Gasteiger partial charge in [0.1, 0.15) is 5.82 Å². The van der Waals surface area contributed by atoms with Crippen molar-refractivity contribution in [1.82, 2.24) is 4.90 Å². The first-order valence-corrected chi connectivity index (χ1v) is 8.95. The van der Waals surface area contributed by atoms with Crippen LogP contribution in [0.1, 0.15) is 28.8 Å². The van der Waals surface area contributed by atoms with Crippen molar-refractivity contribution in [2.45, 2.75) is 25.3 Å². The summed E-state index contributed by atoms with van der Waals surface area (Å²) in [5, 5.41) is 0. The van der Waals surface area contributed by atoms with E-state index >= 15 is 0 Å². The number of carbonyl (C=O) groups is 2. The first-order valence-electron chi connectivity index (χ1n) is 8.95. The van der Waals surface area contributed by atoms with E-state index in [1.807, 2.05) is 6.07 Å². The van der Waals surface area contributed by atoms with Crippen molar-refractivity contribution >= 4 is 11.9 Å². The SMILES string of the molecule is C=C1CC(CCOC(=O)c2ccccc2)N(C(=O)Cc2ccc(F)cc2)C1. The largest absolute Gasteiger partial charge is 0.462 e. The van der Waals surface area contributed by atoms with E-state index in [1.165, 1.54) is 12.1 Å². The predicted octanol–water partition coefficient (Wildman–Crippen LogP) is 3.77. The maximum atomic E-state index is 13.0. The number of carbonyl (C=O) groups excluding carboxylic acids is 2. The molecule has 0 aromatic heterocycles. The molecule has 2 aromatic rings. The molecule has 1 atom stereocenters. The summed E-state index contributed by atoms with van der Waals surface area (Å²) in [6, 6.07) is 14.7. The van der Waals surface area contributed by atoms with Gasteiger partial charge in [-0.25, -0.2) is 9.18 Å². The van der Waals surface area contributed by atoms with Gasteiger partial charge in [-0.1, -0.05) is 42.5 Å². The van der Waals surface area contributed by atoms with Gasteiger partial charge in [-0.2, -0.15) is 0 Å². The van der Waals surface area contributed by atoms with Crippen molar-refractivity contribution in [2.24, 2.45) is 0 Å². The molecular formula is C22H22FNO3. The maximum Gasteiger partial charge on any atom is 0.338 e. The third kappa shape index (κ3) is 5.03. The van der Waals surface area contributed by atoms with E-state index < -0.39 is 0 Å². The Hall–Kier alpha value is -2.95. The smallest absolute Gasteiger partial charge is 0.338 e. The van der Waals surface area contributed by atoms with E-state index in [-0.39, 0.29) is 36.8 Å². The first kappa shape index (κ1) is 18.8. The van der Waals surface area contributed by atoms with Gasteiger partial charge in [0.05, 0.1) is 18.6 Å². The van der Waals surface area contributed by atoms with Crippen molar-refractivity contribution in [1.29, 1.82) is 0 Å². The standard InChI is InChI=1S/C22H22FNO3/c1-16-13-20(11-12-27-22(26)18-5-3-2-4-6-18)24(15-16)21(25)14-17-7-9-19(23)10-8-17/h2-10,20H,1,11-15H2. The highest BCUT2D eigenvalue weighted by atomic mass is 19.1. The Morgan fingerprint density at radius 3 is 2.52 bits per heavy atom. The molecule has 1 unspecified atom stereocenters. The predicted molar refractivity (Wildman–Crippen MR) is 101 cm³/mol. The van der Waals surface area contributed by atoms with Gasteiger partial charge >= 0.3 is 5.97 Å². The van der Waals surface area contributed by atoms with Gasteiger partial charge in [0.25, 0.3) is 0 Å². The fourth-order valence-electron chi connectivity index (χ4n) is 3.25. The average molecular weight is 367 g/mol. The maximum absolute atomic E-state index is 13.0. The second-order valence-electron chi connectivity index (χ2n) is 6.72. The van der Waals surface area contributed by atoms with Crippen molar-refractivity contribution in [2.75, 3.05) is 13.2 Å². The number of likely N-dealkylation sites (tertiary alicyclic amines) is 1. The fourth-order valence-corrected chi connectivity index (χ4v) is 3.25. The zero-order valence-corrected chi connectivity index (χ0v) is 15.1. The number of rotatable bonds is 6. The van der Waals surface area contributed by atoms with E-state index in [0.717, 1.165) is 11.1 Å². The van der Waals surface area contributed by atoms with E-state index in [4.69, 9.17) is 4.74 Å². The summed E-state index contributed by atoms with van der Waals surface area (Å²) in [5.74, 6) is -0.713. The number of hydrogen-bond donors (Lipinski definition) is 0. The van der Waals surface area contributed by atoms with Crippen LogP contribution in [0, 0.1) is 5.82 Å². The molecule has 0 bridgehead atoms. The van der Waals surface area contributed by atoms with Crippen molar-refractivity contribution < 1.29 is 18.7 Å². The lowest BCUT2D eigenvalue weighted by molar-refractivity contribution is -0.131. The zero-order chi connectivity index (χ0) is 19.2. The minimum absolute atomic E-state index is 0.0281. The zero-order valence-electron chi connectivity index (χ0n) is 15.1. The van der Waals surface area contributed by atoms with Crippen LogP contribution in [-0.4, -0.2) is 36.0 Å². The molecule has 0 aliphatic carbocycles. The number of ether oxygens (including phenoxy) is 1. The highest BCUT2D eigenvalue weighted by molar-refractivity contribution is 5.89. The van der Waals surface area contributed by atoms with Crippen LogP contribution in [0.3, 0.4) is 0 Å². The molecule has 4 nitrogen and oxygen atoms in total. The Morgan fingerprint density at radius 1 is 1.11 bits per heavy atom. The fraction of sp³-hybridized carbons (Fsp3) is 0.273. The molecule has 3 rings (SSSR count). The molecule has 1 fully saturated rings. The lowest BCUT2D eigenvalue weighted by Gasteiger charge is -2.24. The van der Waals surface area contributed by atoms with Gasteiger partial charge in [0, 0.05) is 19.0 Å². The molecular weight excluding hydrogens is 345 g/mol. The summed E-state index contributed by atoms with van der Waals surface area (Å²) in [6.45, 7) is 4.75. The van der Waals surface area contributed by atoms with Crippen LogP contribution in [-0.2, 0) is 16.0 Å². The summed E-state index contributed by atoms with van der Waals surface area (Å²) in [7, 11) is 0.